The molecule has 1 aliphatic heterocycles. The molecule has 8 heteroatoms. The van der Waals surface area contributed by atoms with Gasteiger partial charge >= 0.3 is 0 Å². The minimum Gasteiger partial charge on any atom is -0.489 e. The second-order valence-electron chi connectivity index (χ2n) is 7.89. The van der Waals surface area contributed by atoms with Gasteiger partial charge in [0.2, 0.25) is 0 Å². The van der Waals surface area contributed by atoms with E-state index >= 15 is 0 Å². The Labute approximate surface area is 192 Å². The summed E-state index contributed by atoms with van der Waals surface area (Å²) < 4.78 is 33.6. The van der Waals surface area contributed by atoms with Gasteiger partial charge in [-0.15, -0.1) is 12.4 Å². The predicted octanol–water partition coefficient (Wildman–Crippen LogP) is 4.49. The molecule has 1 aliphatic rings. The average Bonchev–Trinajstić information content (AvgIpc) is 3.18. The number of ether oxygens (including phenoxy) is 1. The molecular weight excluding hydrogens is 436 g/mol. The molecule has 0 fully saturated rings. The Morgan fingerprint density at radius 2 is 2.09 bits per heavy atom. The molecule has 1 amide bonds. The zero-order valence-electron chi connectivity index (χ0n) is 18.2. The molecule has 0 radical (unpaired) electrons. The number of nitrogens with one attached hydrogen (secondary N) is 2. The van der Waals surface area contributed by atoms with Crippen LogP contribution in [0, 0.1) is 11.6 Å². The first-order chi connectivity index (χ1) is 15.0. The third-order valence-electron chi connectivity index (χ3n) is 6.09. The van der Waals surface area contributed by atoms with Gasteiger partial charge in [0, 0.05) is 41.3 Å². The summed E-state index contributed by atoms with van der Waals surface area (Å²) in [7, 11) is 1.56. The number of carbonyl (C=O) groups excluding carboxylic acids is 1. The Hall–Kier alpha value is -2.64. The SMILES string of the molecule is CCN(CCCc1c[nH]c2ccc(F)cc12)C1COc2c(F)ccc(C(=O)NC)c2C1.Cl. The van der Waals surface area contributed by atoms with Crippen LogP contribution in [0.5, 0.6) is 5.75 Å². The molecule has 0 aliphatic carbocycles. The minimum atomic E-state index is -0.435. The van der Waals surface area contributed by atoms with Gasteiger partial charge in [0.05, 0.1) is 0 Å². The van der Waals surface area contributed by atoms with Crippen molar-refractivity contribution >= 4 is 29.2 Å². The highest BCUT2D eigenvalue weighted by Gasteiger charge is 2.30. The smallest absolute Gasteiger partial charge is 0.251 e. The molecule has 2 N–H and O–H groups in total. The second kappa shape index (κ2) is 10.3. The molecule has 0 saturated carbocycles. The van der Waals surface area contributed by atoms with Crippen molar-refractivity contribution in [3.63, 3.8) is 0 Å². The van der Waals surface area contributed by atoms with Crippen molar-refractivity contribution in [3.05, 3.63) is 64.9 Å². The number of fused-ring (bicyclic) bond motifs is 2. The minimum absolute atomic E-state index is 0. The van der Waals surface area contributed by atoms with E-state index in [1.54, 1.807) is 19.2 Å². The monoisotopic (exact) mass is 463 g/mol. The lowest BCUT2D eigenvalue weighted by atomic mass is 9.95. The van der Waals surface area contributed by atoms with Crippen molar-refractivity contribution in [1.82, 2.24) is 15.2 Å². The van der Waals surface area contributed by atoms with Crippen LogP contribution in [0.15, 0.2) is 36.5 Å². The molecule has 1 unspecified atom stereocenters. The molecule has 0 saturated heterocycles. The third-order valence-corrected chi connectivity index (χ3v) is 6.09. The number of rotatable bonds is 7. The van der Waals surface area contributed by atoms with Crippen LogP contribution in [0.4, 0.5) is 8.78 Å². The molecule has 32 heavy (non-hydrogen) atoms. The number of likely N-dealkylation sites (N-methyl/N-ethyl adjacent to an activating group) is 1. The fourth-order valence-corrected chi connectivity index (χ4v) is 4.44. The zero-order valence-corrected chi connectivity index (χ0v) is 19.0. The Morgan fingerprint density at radius 3 is 2.84 bits per heavy atom. The number of aromatic amines is 1. The number of hydrogen-bond donors (Lipinski definition) is 2. The fraction of sp³-hybridized carbons (Fsp3) is 0.375. The number of halogens is 3. The van der Waals surface area contributed by atoms with Gasteiger partial charge < -0.3 is 15.0 Å². The predicted molar refractivity (Wildman–Crippen MR) is 124 cm³/mol. The van der Waals surface area contributed by atoms with Gasteiger partial charge in [-0.1, -0.05) is 6.92 Å². The number of hydrogen-bond acceptors (Lipinski definition) is 3. The number of aromatic nitrogens is 1. The Balaban J connectivity index is 0.00000289. The summed E-state index contributed by atoms with van der Waals surface area (Å²) in [5.74, 6) is -0.722. The first-order valence-corrected chi connectivity index (χ1v) is 10.7. The maximum atomic E-state index is 14.2. The molecule has 4 rings (SSSR count). The van der Waals surface area contributed by atoms with Crippen molar-refractivity contribution in [2.75, 3.05) is 26.7 Å². The second-order valence-corrected chi connectivity index (χ2v) is 7.89. The van der Waals surface area contributed by atoms with Crippen LogP contribution in [0.3, 0.4) is 0 Å². The summed E-state index contributed by atoms with van der Waals surface area (Å²) in [5, 5.41) is 3.54. The number of H-pyrrole nitrogens is 1. The maximum Gasteiger partial charge on any atom is 0.251 e. The number of amides is 1. The van der Waals surface area contributed by atoms with Gasteiger partial charge in [-0.3, -0.25) is 9.69 Å². The standard InChI is InChI=1S/C24H27F2N3O2.ClH/c1-3-29(10-4-5-15-13-28-22-9-6-16(25)11-19(15)22)17-12-20-18(24(30)27-2)7-8-21(26)23(20)31-14-17;/h6-9,11,13,17,28H,3-5,10,12,14H2,1-2H3,(H,27,30);1H. The summed E-state index contributed by atoms with van der Waals surface area (Å²) in [4.78, 5) is 17.7. The highest BCUT2D eigenvalue weighted by molar-refractivity contribution is 5.96. The molecule has 1 atom stereocenters. The van der Waals surface area contributed by atoms with Crippen LogP contribution < -0.4 is 10.1 Å². The lowest BCUT2D eigenvalue weighted by Gasteiger charge is -2.35. The van der Waals surface area contributed by atoms with Crippen LogP contribution >= 0.6 is 12.4 Å². The normalized spacial score (nSPS) is 15.2. The molecule has 3 aromatic rings. The summed E-state index contributed by atoms with van der Waals surface area (Å²) in [6.45, 7) is 4.11. The van der Waals surface area contributed by atoms with E-state index in [1.165, 1.54) is 18.2 Å². The van der Waals surface area contributed by atoms with Crippen LogP contribution in [-0.2, 0) is 12.8 Å². The molecule has 2 aromatic carbocycles. The highest BCUT2D eigenvalue weighted by Crippen LogP contribution is 2.32. The van der Waals surface area contributed by atoms with Gasteiger partial charge in [0.15, 0.2) is 11.6 Å². The van der Waals surface area contributed by atoms with Gasteiger partial charge in [-0.25, -0.2) is 8.78 Å². The quantitative estimate of drug-likeness (QED) is 0.543. The van der Waals surface area contributed by atoms with E-state index in [0.717, 1.165) is 42.4 Å². The van der Waals surface area contributed by atoms with Crippen molar-refractivity contribution in [3.8, 4) is 5.75 Å². The van der Waals surface area contributed by atoms with Crippen LogP contribution in [-0.4, -0.2) is 48.6 Å². The van der Waals surface area contributed by atoms with E-state index < -0.39 is 5.82 Å². The summed E-state index contributed by atoms with van der Waals surface area (Å²) in [6.07, 6.45) is 4.22. The average molecular weight is 464 g/mol. The van der Waals surface area contributed by atoms with E-state index in [2.05, 4.69) is 22.1 Å². The van der Waals surface area contributed by atoms with E-state index in [1.807, 2.05) is 6.20 Å². The molecule has 0 spiro atoms. The first-order valence-electron chi connectivity index (χ1n) is 10.7. The van der Waals surface area contributed by atoms with Crippen LogP contribution in [0.25, 0.3) is 10.9 Å². The third kappa shape index (κ3) is 4.74. The summed E-state index contributed by atoms with van der Waals surface area (Å²) in [5.41, 5.74) is 3.12. The topological polar surface area (TPSA) is 57.4 Å². The number of nitrogens with zero attached hydrogens (tertiary/aromatic N) is 1. The Kier molecular flexibility index (Phi) is 7.74. The van der Waals surface area contributed by atoms with E-state index in [9.17, 15) is 13.6 Å². The van der Waals surface area contributed by atoms with Gasteiger partial charge in [0.1, 0.15) is 12.4 Å². The Morgan fingerprint density at radius 1 is 1.28 bits per heavy atom. The van der Waals surface area contributed by atoms with Crippen molar-refractivity contribution in [1.29, 1.82) is 0 Å². The molecule has 5 nitrogen and oxygen atoms in total. The number of aryl methyl sites for hydroxylation is 1. The molecule has 172 valence electrons. The number of benzene rings is 2. The first kappa shape index (κ1) is 24.0. The summed E-state index contributed by atoms with van der Waals surface area (Å²) in [6, 6.07) is 7.64. The van der Waals surface area contributed by atoms with Crippen LogP contribution in [0.2, 0.25) is 0 Å². The maximum absolute atomic E-state index is 14.2. The van der Waals surface area contributed by atoms with Crippen molar-refractivity contribution in [2.45, 2.75) is 32.2 Å². The van der Waals surface area contributed by atoms with Crippen LogP contribution in [0.1, 0.15) is 34.8 Å². The lowest BCUT2D eigenvalue weighted by molar-refractivity contribution is 0.0952. The fourth-order valence-electron chi connectivity index (χ4n) is 4.44. The van der Waals surface area contributed by atoms with E-state index in [-0.39, 0.29) is 35.9 Å². The Bertz CT molecular complexity index is 1100. The number of carbonyl (C=O) groups is 1. The lowest BCUT2D eigenvalue weighted by Crippen LogP contribution is -2.44. The molecular formula is C24H28ClF2N3O2. The van der Waals surface area contributed by atoms with Crippen molar-refractivity contribution in [2.24, 2.45) is 0 Å². The molecule has 1 aromatic heterocycles. The highest BCUT2D eigenvalue weighted by atomic mass is 35.5. The van der Waals surface area contributed by atoms with E-state index in [4.69, 9.17) is 4.74 Å². The zero-order chi connectivity index (χ0) is 22.0. The molecule has 2 heterocycles. The van der Waals surface area contributed by atoms with Gasteiger partial charge in [0.25, 0.3) is 5.91 Å². The molecule has 0 bridgehead atoms. The van der Waals surface area contributed by atoms with Gasteiger partial charge in [-0.2, -0.15) is 0 Å². The largest absolute Gasteiger partial charge is 0.489 e. The summed E-state index contributed by atoms with van der Waals surface area (Å²) >= 11 is 0. The van der Waals surface area contributed by atoms with Crippen molar-refractivity contribution < 1.29 is 18.3 Å². The van der Waals surface area contributed by atoms with Gasteiger partial charge in [-0.05, 0) is 68.2 Å². The van der Waals surface area contributed by atoms with E-state index in [0.29, 0.717) is 24.2 Å².